The van der Waals surface area contributed by atoms with Crippen LogP contribution in [0.25, 0.3) is 10.8 Å². The fourth-order valence-electron chi connectivity index (χ4n) is 3.48. The van der Waals surface area contributed by atoms with E-state index in [0.717, 1.165) is 6.42 Å². The molecule has 0 fully saturated rings. The molecule has 0 heterocycles. The van der Waals surface area contributed by atoms with Gasteiger partial charge < -0.3 is 0 Å². The summed E-state index contributed by atoms with van der Waals surface area (Å²) in [7, 11) is 0. The number of benzene rings is 2. The first-order chi connectivity index (χ1) is 10.9. The Morgan fingerprint density at radius 1 is 0.682 bits per heavy atom. The molecule has 0 aliphatic rings. The van der Waals surface area contributed by atoms with Crippen LogP contribution in [-0.2, 0) is 12.8 Å². The Morgan fingerprint density at radius 3 is 2.09 bits per heavy atom. The van der Waals surface area contributed by atoms with Crippen LogP contribution >= 0.6 is 0 Å². The summed E-state index contributed by atoms with van der Waals surface area (Å²) in [5, 5.41) is 2.85. The zero-order chi connectivity index (χ0) is 15.6. The van der Waals surface area contributed by atoms with Gasteiger partial charge in [0, 0.05) is 0 Å². The third kappa shape index (κ3) is 4.87. The van der Waals surface area contributed by atoms with Gasteiger partial charge in [-0.25, -0.2) is 0 Å². The maximum atomic E-state index is 2.36. The zero-order valence-corrected chi connectivity index (χ0v) is 14.5. The lowest BCUT2D eigenvalue weighted by Crippen LogP contribution is -1.95. The highest BCUT2D eigenvalue weighted by Gasteiger charge is 2.05. The normalized spacial score (nSPS) is 11.2. The predicted octanol–water partition coefficient (Wildman–Crippen LogP) is 7.09. The van der Waals surface area contributed by atoms with Crippen molar-refractivity contribution in [1.82, 2.24) is 0 Å². The van der Waals surface area contributed by atoms with Crippen LogP contribution in [0.4, 0.5) is 0 Å². The van der Waals surface area contributed by atoms with Crippen LogP contribution in [0.1, 0.15) is 76.3 Å². The van der Waals surface area contributed by atoms with Crippen molar-refractivity contribution < 1.29 is 0 Å². The van der Waals surface area contributed by atoms with E-state index < -0.39 is 0 Å². The van der Waals surface area contributed by atoms with Crippen molar-refractivity contribution in [1.29, 1.82) is 0 Å². The van der Waals surface area contributed by atoms with Crippen molar-refractivity contribution >= 4 is 10.8 Å². The minimum absolute atomic E-state index is 1.15. The van der Waals surface area contributed by atoms with E-state index >= 15 is 0 Å². The van der Waals surface area contributed by atoms with Crippen molar-refractivity contribution in [2.45, 2.75) is 78.1 Å². The van der Waals surface area contributed by atoms with Crippen LogP contribution in [-0.4, -0.2) is 0 Å². The molecule has 0 unspecified atom stereocenters. The molecule has 22 heavy (non-hydrogen) atoms. The van der Waals surface area contributed by atoms with Gasteiger partial charge in [-0.15, -0.1) is 0 Å². The molecule has 0 atom stereocenters. The fourth-order valence-corrected chi connectivity index (χ4v) is 3.48. The van der Waals surface area contributed by atoms with E-state index in [9.17, 15) is 0 Å². The van der Waals surface area contributed by atoms with Gasteiger partial charge in [0.2, 0.25) is 0 Å². The average molecular weight is 296 g/mol. The van der Waals surface area contributed by atoms with E-state index in [1.165, 1.54) is 68.6 Å². The third-order valence-corrected chi connectivity index (χ3v) is 4.79. The Hall–Kier alpha value is -1.30. The average Bonchev–Trinajstić information content (AvgIpc) is 2.56. The van der Waals surface area contributed by atoms with Gasteiger partial charge >= 0.3 is 0 Å². The molecule has 0 saturated heterocycles. The van der Waals surface area contributed by atoms with Crippen LogP contribution in [0.15, 0.2) is 36.4 Å². The molecule has 0 aromatic heterocycles. The molecule has 0 amide bonds. The summed E-state index contributed by atoms with van der Waals surface area (Å²) in [4.78, 5) is 0. The predicted molar refractivity (Wildman–Crippen MR) is 99.6 cm³/mol. The topological polar surface area (TPSA) is 0 Å². The first kappa shape index (κ1) is 17.1. The fraction of sp³-hybridized carbons (Fsp3) is 0.545. The largest absolute Gasteiger partial charge is 0.0654 e. The van der Waals surface area contributed by atoms with Crippen molar-refractivity contribution in [2.24, 2.45) is 0 Å². The molecule has 0 spiro atoms. The van der Waals surface area contributed by atoms with Crippen LogP contribution in [0.3, 0.4) is 0 Å². The molecule has 0 N–H and O–H groups in total. The summed E-state index contributed by atoms with van der Waals surface area (Å²) < 4.78 is 0. The lowest BCUT2D eigenvalue weighted by molar-refractivity contribution is 0.575. The van der Waals surface area contributed by atoms with Gasteiger partial charge in [-0.1, -0.05) is 95.2 Å². The van der Waals surface area contributed by atoms with Crippen molar-refractivity contribution in [3.63, 3.8) is 0 Å². The van der Waals surface area contributed by atoms with E-state index in [2.05, 4.69) is 50.2 Å². The van der Waals surface area contributed by atoms with Crippen LogP contribution in [0.2, 0.25) is 0 Å². The maximum Gasteiger partial charge on any atom is -0.0149 e. The molecule has 0 aliphatic heterocycles. The molecule has 0 aliphatic carbocycles. The SMILES string of the molecule is CCCCCCCCCCc1ccc2ccccc2c1CC. The van der Waals surface area contributed by atoms with E-state index in [4.69, 9.17) is 0 Å². The molecule has 2 aromatic rings. The molecule has 0 nitrogen and oxygen atoms in total. The number of hydrogen-bond acceptors (Lipinski definition) is 0. The second kappa shape index (κ2) is 9.66. The first-order valence-corrected chi connectivity index (χ1v) is 9.36. The Balaban J connectivity index is 1.82. The Labute approximate surface area is 136 Å². The standard InChI is InChI=1S/C22H32/c1-3-5-6-7-8-9-10-11-14-19-17-18-20-15-12-13-16-22(20)21(19)4-2/h12-13,15-18H,3-11,14H2,1-2H3. The molecule has 0 saturated carbocycles. The third-order valence-electron chi connectivity index (χ3n) is 4.79. The first-order valence-electron chi connectivity index (χ1n) is 9.36. The number of aryl methyl sites for hydroxylation is 2. The highest BCUT2D eigenvalue weighted by molar-refractivity contribution is 5.86. The molecular formula is C22H32. The van der Waals surface area contributed by atoms with Crippen molar-refractivity contribution in [3.05, 3.63) is 47.5 Å². The van der Waals surface area contributed by atoms with Crippen molar-refractivity contribution in [3.8, 4) is 0 Å². The molecule has 0 heteroatoms. The van der Waals surface area contributed by atoms with Gasteiger partial charge in [0.25, 0.3) is 0 Å². The summed E-state index contributed by atoms with van der Waals surface area (Å²) in [6.45, 7) is 4.58. The molecule has 120 valence electrons. The second-order valence-electron chi connectivity index (χ2n) is 6.50. The summed E-state index contributed by atoms with van der Waals surface area (Å²) in [6.07, 6.45) is 13.6. The van der Waals surface area contributed by atoms with Gasteiger partial charge in [0.15, 0.2) is 0 Å². The van der Waals surface area contributed by atoms with Gasteiger partial charge in [0.1, 0.15) is 0 Å². The van der Waals surface area contributed by atoms with Crippen LogP contribution in [0, 0.1) is 0 Å². The monoisotopic (exact) mass is 296 g/mol. The van der Waals surface area contributed by atoms with E-state index in [1.807, 2.05) is 0 Å². The highest BCUT2D eigenvalue weighted by Crippen LogP contribution is 2.24. The Bertz CT molecular complexity index is 553. The molecular weight excluding hydrogens is 264 g/mol. The molecule has 0 radical (unpaired) electrons. The summed E-state index contributed by atoms with van der Waals surface area (Å²) in [5.41, 5.74) is 3.15. The minimum Gasteiger partial charge on any atom is -0.0654 e. The van der Waals surface area contributed by atoms with Gasteiger partial charge in [-0.05, 0) is 41.2 Å². The minimum atomic E-state index is 1.15. The van der Waals surface area contributed by atoms with E-state index in [-0.39, 0.29) is 0 Å². The van der Waals surface area contributed by atoms with Crippen molar-refractivity contribution in [2.75, 3.05) is 0 Å². The molecule has 2 rings (SSSR count). The smallest absolute Gasteiger partial charge is 0.0149 e. The lowest BCUT2D eigenvalue weighted by Gasteiger charge is -2.11. The van der Waals surface area contributed by atoms with Crippen LogP contribution in [0.5, 0.6) is 0 Å². The number of hydrogen-bond donors (Lipinski definition) is 0. The number of fused-ring (bicyclic) bond motifs is 1. The summed E-state index contributed by atoms with van der Waals surface area (Å²) in [5.74, 6) is 0. The Kier molecular flexibility index (Phi) is 7.49. The van der Waals surface area contributed by atoms with Gasteiger partial charge in [-0.2, -0.15) is 0 Å². The van der Waals surface area contributed by atoms with E-state index in [1.54, 1.807) is 11.1 Å². The lowest BCUT2D eigenvalue weighted by atomic mass is 9.93. The van der Waals surface area contributed by atoms with Gasteiger partial charge in [-0.3, -0.25) is 0 Å². The highest BCUT2D eigenvalue weighted by atomic mass is 14.1. The van der Waals surface area contributed by atoms with Gasteiger partial charge in [0.05, 0.1) is 0 Å². The zero-order valence-electron chi connectivity index (χ0n) is 14.5. The van der Waals surface area contributed by atoms with E-state index in [0.29, 0.717) is 0 Å². The quantitative estimate of drug-likeness (QED) is 0.411. The number of unbranched alkanes of at least 4 members (excludes halogenated alkanes) is 7. The molecule has 2 aromatic carbocycles. The second-order valence-corrected chi connectivity index (χ2v) is 6.50. The maximum absolute atomic E-state index is 2.36. The van der Waals surface area contributed by atoms with Crippen LogP contribution < -0.4 is 0 Å². The number of rotatable bonds is 10. The molecule has 0 bridgehead atoms. The Morgan fingerprint density at radius 2 is 1.36 bits per heavy atom. The summed E-state index contributed by atoms with van der Waals surface area (Å²) in [6, 6.07) is 13.5. The summed E-state index contributed by atoms with van der Waals surface area (Å²) >= 11 is 0.